The number of methoxy groups -OCH3 is 1. The molecular weight excluding hydrogens is 602 g/mol. The second-order valence-electron chi connectivity index (χ2n) is 9.72. The maximum atomic E-state index is 14.0. The third-order valence-corrected chi connectivity index (χ3v) is 7.94. The van der Waals surface area contributed by atoms with Crippen molar-refractivity contribution in [2.45, 2.75) is 33.7 Å². The largest absolute Gasteiger partial charge is 0.496 e. The highest BCUT2D eigenvalue weighted by atomic mass is 32.1. The van der Waals surface area contributed by atoms with Crippen LogP contribution in [0, 0.1) is 10.1 Å². The number of hydrogen-bond acceptors (Lipinski definition) is 11. The van der Waals surface area contributed by atoms with Crippen molar-refractivity contribution in [1.29, 1.82) is 0 Å². The van der Waals surface area contributed by atoms with Crippen molar-refractivity contribution in [2.75, 3.05) is 26.9 Å². The van der Waals surface area contributed by atoms with Gasteiger partial charge in [-0.2, -0.15) is 0 Å². The van der Waals surface area contributed by atoms with E-state index >= 15 is 0 Å². The molecule has 1 atom stereocenters. The smallest absolute Gasteiger partial charge is 0.338 e. The van der Waals surface area contributed by atoms with Crippen LogP contribution in [0.2, 0.25) is 0 Å². The van der Waals surface area contributed by atoms with Gasteiger partial charge in [-0.25, -0.2) is 9.79 Å². The van der Waals surface area contributed by atoms with E-state index in [2.05, 4.69) is 4.99 Å². The van der Waals surface area contributed by atoms with E-state index in [4.69, 9.17) is 23.4 Å². The van der Waals surface area contributed by atoms with Gasteiger partial charge in [-0.05, 0) is 63.6 Å². The number of ether oxygens (including phenoxy) is 4. The average molecular weight is 634 g/mol. The van der Waals surface area contributed by atoms with Crippen LogP contribution in [-0.2, 0) is 9.53 Å². The molecule has 0 spiro atoms. The zero-order chi connectivity index (χ0) is 32.2. The monoisotopic (exact) mass is 633 g/mol. The third-order valence-electron chi connectivity index (χ3n) is 6.96. The molecule has 234 valence electrons. The molecule has 2 aromatic heterocycles. The maximum absolute atomic E-state index is 14.0. The van der Waals surface area contributed by atoms with Gasteiger partial charge in [-0.3, -0.25) is 19.5 Å². The van der Waals surface area contributed by atoms with Crippen molar-refractivity contribution in [2.24, 2.45) is 4.99 Å². The Labute approximate surface area is 261 Å². The molecule has 2 aromatic carbocycles. The lowest BCUT2D eigenvalue weighted by molar-refractivity contribution is -0.384. The molecular formula is C32H31N3O9S. The molecule has 12 nitrogen and oxygen atoms in total. The Bertz CT molecular complexity index is 1990. The first-order valence-corrected chi connectivity index (χ1v) is 15.0. The van der Waals surface area contributed by atoms with E-state index < -0.39 is 16.9 Å². The van der Waals surface area contributed by atoms with E-state index in [1.54, 1.807) is 56.3 Å². The highest BCUT2D eigenvalue weighted by molar-refractivity contribution is 7.07. The van der Waals surface area contributed by atoms with Crippen LogP contribution in [0.1, 0.15) is 45.1 Å². The Kier molecular flexibility index (Phi) is 9.18. The van der Waals surface area contributed by atoms with Crippen LogP contribution in [0.5, 0.6) is 17.2 Å². The van der Waals surface area contributed by atoms with Crippen molar-refractivity contribution in [1.82, 2.24) is 4.57 Å². The summed E-state index contributed by atoms with van der Waals surface area (Å²) < 4.78 is 30.1. The van der Waals surface area contributed by atoms with Gasteiger partial charge in [0.25, 0.3) is 11.2 Å². The molecule has 0 saturated carbocycles. The first-order chi connectivity index (χ1) is 21.7. The summed E-state index contributed by atoms with van der Waals surface area (Å²) in [4.78, 5) is 43.0. The molecule has 0 aliphatic carbocycles. The zero-order valence-corrected chi connectivity index (χ0v) is 26.1. The van der Waals surface area contributed by atoms with Gasteiger partial charge in [-0.1, -0.05) is 17.4 Å². The fourth-order valence-corrected chi connectivity index (χ4v) is 6.07. The number of nitro groups is 1. The van der Waals surface area contributed by atoms with E-state index in [0.29, 0.717) is 62.4 Å². The first-order valence-electron chi connectivity index (χ1n) is 14.2. The quantitative estimate of drug-likeness (QED) is 0.130. The fourth-order valence-electron chi connectivity index (χ4n) is 5.05. The number of benzene rings is 2. The number of allylic oxidation sites excluding steroid dienone is 1. The fraction of sp³-hybridized carbons (Fsp3) is 0.281. The number of carbonyl (C=O) groups is 1. The number of rotatable bonds is 11. The summed E-state index contributed by atoms with van der Waals surface area (Å²) in [6, 6.07) is 12.1. The molecule has 1 aliphatic heterocycles. The third kappa shape index (κ3) is 6.11. The SMILES string of the molecule is CCOC(=O)C1=C(C)N=c2s/c(=C\c3ccc(-c4ccc([N+](=O)[O-])cc4OC)o3)c(=O)n2[C@@H]1c1ccc(OCC)c(OCC)c1. The highest BCUT2D eigenvalue weighted by Crippen LogP contribution is 2.37. The van der Waals surface area contributed by atoms with Gasteiger partial charge in [0.1, 0.15) is 17.3 Å². The summed E-state index contributed by atoms with van der Waals surface area (Å²) in [7, 11) is 1.41. The molecule has 0 N–H and O–H groups in total. The molecule has 0 bridgehead atoms. The summed E-state index contributed by atoms with van der Waals surface area (Å²) in [6.07, 6.45) is 1.59. The molecule has 5 rings (SSSR count). The molecule has 3 heterocycles. The van der Waals surface area contributed by atoms with Gasteiger partial charge >= 0.3 is 5.97 Å². The lowest BCUT2D eigenvalue weighted by Gasteiger charge is -2.25. The second kappa shape index (κ2) is 13.2. The number of non-ortho nitro benzene ring substituents is 1. The van der Waals surface area contributed by atoms with Crippen LogP contribution in [0.3, 0.4) is 0 Å². The normalized spacial score (nSPS) is 14.5. The Hall–Kier alpha value is -5.17. The van der Waals surface area contributed by atoms with Crippen molar-refractivity contribution in [3.8, 4) is 28.6 Å². The summed E-state index contributed by atoms with van der Waals surface area (Å²) in [6.45, 7) is 8.14. The van der Waals surface area contributed by atoms with E-state index in [9.17, 15) is 19.7 Å². The van der Waals surface area contributed by atoms with E-state index in [0.717, 1.165) is 11.3 Å². The summed E-state index contributed by atoms with van der Waals surface area (Å²) in [5, 5.41) is 11.2. The molecule has 1 aliphatic rings. The number of nitrogens with zero attached hydrogens (tertiary/aromatic N) is 3. The molecule has 0 saturated heterocycles. The number of esters is 1. The molecule has 0 fully saturated rings. The summed E-state index contributed by atoms with van der Waals surface area (Å²) in [5.41, 5.74) is 1.32. The summed E-state index contributed by atoms with van der Waals surface area (Å²) in [5.74, 6) is 1.50. The van der Waals surface area contributed by atoms with Gasteiger partial charge in [0.15, 0.2) is 16.3 Å². The molecule has 13 heteroatoms. The van der Waals surface area contributed by atoms with Crippen LogP contribution in [0.25, 0.3) is 17.4 Å². The van der Waals surface area contributed by atoms with Crippen molar-refractivity contribution in [3.05, 3.63) is 101 Å². The minimum Gasteiger partial charge on any atom is -0.496 e. The Balaban J connectivity index is 1.63. The molecule has 0 radical (unpaired) electrons. The predicted molar refractivity (Wildman–Crippen MR) is 167 cm³/mol. The standard InChI is InChI=1S/C32H31N3O9S/c1-6-41-24-13-9-19(15-26(24)42-7-2)29-28(31(37)43-8-3)18(4)33-32-34(29)30(36)27(45-32)17-21-11-14-23(44-21)22-12-10-20(35(38)39)16-25(22)40-5/h9-17,29H,6-8H2,1-5H3/b27-17-/t29-/m1/s1. The number of carbonyl (C=O) groups excluding carboxylic acids is 1. The van der Waals surface area contributed by atoms with Crippen LogP contribution in [0.4, 0.5) is 5.69 Å². The number of hydrogen-bond donors (Lipinski definition) is 0. The lowest BCUT2D eigenvalue weighted by Crippen LogP contribution is -2.40. The zero-order valence-electron chi connectivity index (χ0n) is 25.3. The van der Waals surface area contributed by atoms with Crippen molar-refractivity contribution in [3.63, 3.8) is 0 Å². The lowest BCUT2D eigenvalue weighted by atomic mass is 9.95. The molecule has 0 unspecified atom stereocenters. The van der Waals surface area contributed by atoms with Crippen LogP contribution in [0.15, 0.2) is 74.0 Å². The minimum atomic E-state index is -0.839. The van der Waals surface area contributed by atoms with Crippen molar-refractivity contribution >= 4 is 29.1 Å². The van der Waals surface area contributed by atoms with Crippen LogP contribution >= 0.6 is 11.3 Å². The number of fused-ring (bicyclic) bond motifs is 1. The highest BCUT2D eigenvalue weighted by Gasteiger charge is 2.34. The van der Waals surface area contributed by atoms with Gasteiger partial charge < -0.3 is 23.4 Å². The van der Waals surface area contributed by atoms with E-state index in [1.165, 1.54) is 23.8 Å². The maximum Gasteiger partial charge on any atom is 0.338 e. The van der Waals surface area contributed by atoms with Gasteiger partial charge in [-0.15, -0.1) is 0 Å². The van der Waals surface area contributed by atoms with Gasteiger partial charge in [0, 0.05) is 12.1 Å². The van der Waals surface area contributed by atoms with Crippen LogP contribution < -0.4 is 29.1 Å². The van der Waals surface area contributed by atoms with Crippen LogP contribution in [-0.4, -0.2) is 42.4 Å². The predicted octanol–water partition coefficient (Wildman–Crippen LogP) is 4.77. The van der Waals surface area contributed by atoms with E-state index in [1.807, 2.05) is 13.8 Å². The topological polar surface area (TPSA) is 145 Å². The van der Waals surface area contributed by atoms with Gasteiger partial charge in [0.2, 0.25) is 0 Å². The number of nitro benzene ring substituents is 1. The molecule has 45 heavy (non-hydrogen) atoms. The first kappa shape index (κ1) is 31.3. The second-order valence-corrected chi connectivity index (χ2v) is 10.7. The van der Waals surface area contributed by atoms with Gasteiger partial charge in [0.05, 0.1) is 65.3 Å². The minimum absolute atomic E-state index is 0.114. The number of aromatic nitrogens is 1. The number of thiazole rings is 1. The van der Waals surface area contributed by atoms with Crippen molar-refractivity contribution < 1.29 is 33.1 Å². The summed E-state index contributed by atoms with van der Waals surface area (Å²) >= 11 is 1.16. The number of furan rings is 1. The Morgan fingerprint density at radius 3 is 2.49 bits per heavy atom. The Morgan fingerprint density at radius 1 is 1.04 bits per heavy atom. The average Bonchev–Trinajstić information content (AvgIpc) is 3.61. The Morgan fingerprint density at radius 2 is 1.80 bits per heavy atom. The van der Waals surface area contributed by atoms with E-state index in [-0.39, 0.29) is 29.2 Å². The molecule has 4 aromatic rings. The molecule has 0 amide bonds.